The molecule has 1 amide bonds. The van der Waals surface area contributed by atoms with Crippen molar-refractivity contribution in [3.63, 3.8) is 0 Å². The number of thioether (sulfide) groups is 1. The molecule has 1 saturated heterocycles. The van der Waals surface area contributed by atoms with Crippen LogP contribution in [0.2, 0.25) is 0 Å². The highest BCUT2D eigenvalue weighted by molar-refractivity contribution is 8.00. The lowest BCUT2D eigenvalue weighted by Gasteiger charge is -2.29. The summed E-state index contributed by atoms with van der Waals surface area (Å²) in [6, 6.07) is -0.683. The maximum absolute atomic E-state index is 12.2. The van der Waals surface area contributed by atoms with Crippen LogP contribution in [-0.4, -0.2) is 45.6 Å². The lowest BCUT2D eigenvalue weighted by Crippen LogP contribution is -2.47. The zero-order chi connectivity index (χ0) is 13.0. The molecule has 3 unspecified atom stereocenters. The molecule has 1 rings (SSSR count). The molecule has 6 heteroatoms. The standard InChI is InChI=1S/C11H20N2O3S/c1-3-9-13(8(6-17-9)11(15)16)10(14)7(2)4-5-12/h7-9H,3-6,12H2,1-2H3,(H,15,16). The Labute approximate surface area is 106 Å². The van der Waals surface area contributed by atoms with Gasteiger partial charge in [-0.25, -0.2) is 4.79 Å². The minimum Gasteiger partial charge on any atom is -0.480 e. The molecule has 0 aromatic rings. The zero-order valence-electron chi connectivity index (χ0n) is 10.3. The Morgan fingerprint density at radius 3 is 2.71 bits per heavy atom. The van der Waals surface area contributed by atoms with Crippen molar-refractivity contribution in [3.8, 4) is 0 Å². The van der Waals surface area contributed by atoms with Crippen molar-refractivity contribution in [2.45, 2.75) is 38.1 Å². The summed E-state index contributed by atoms with van der Waals surface area (Å²) >= 11 is 1.54. The number of rotatable bonds is 5. The first-order chi connectivity index (χ1) is 8.02. The molecule has 1 aliphatic heterocycles. The SMILES string of the molecule is CCC1SCC(C(=O)O)N1C(=O)C(C)CCN. The summed E-state index contributed by atoms with van der Waals surface area (Å²) in [7, 11) is 0. The van der Waals surface area contributed by atoms with E-state index in [2.05, 4.69) is 0 Å². The van der Waals surface area contributed by atoms with Crippen molar-refractivity contribution in [2.75, 3.05) is 12.3 Å². The van der Waals surface area contributed by atoms with E-state index in [1.54, 1.807) is 11.8 Å². The summed E-state index contributed by atoms with van der Waals surface area (Å²) in [5.41, 5.74) is 5.44. The quantitative estimate of drug-likeness (QED) is 0.761. The van der Waals surface area contributed by atoms with Gasteiger partial charge in [-0.1, -0.05) is 13.8 Å². The van der Waals surface area contributed by atoms with Crippen molar-refractivity contribution in [3.05, 3.63) is 0 Å². The van der Waals surface area contributed by atoms with Crippen LogP contribution in [0.1, 0.15) is 26.7 Å². The van der Waals surface area contributed by atoms with Crippen LogP contribution in [0.15, 0.2) is 0 Å². The Kier molecular flexibility index (Phi) is 5.27. The number of carboxylic acids is 1. The number of nitrogens with zero attached hydrogens (tertiary/aromatic N) is 1. The van der Waals surface area contributed by atoms with Gasteiger partial charge in [0.1, 0.15) is 6.04 Å². The molecule has 1 fully saturated rings. The third kappa shape index (κ3) is 3.13. The van der Waals surface area contributed by atoms with Crippen LogP contribution in [0.5, 0.6) is 0 Å². The van der Waals surface area contributed by atoms with Gasteiger partial charge in [0.15, 0.2) is 0 Å². The molecule has 0 spiro atoms. The minimum atomic E-state index is -0.915. The number of carbonyl (C=O) groups excluding carboxylic acids is 1. The molecule has 98 valence electrons. The van der Waals surface area contributed by atoms with Crippen LogP contribution in [0.25, 0.3) is 0 Å². The summed E-state index contributed by atoms with van der Waals surface area (Å²) in [5.74, 6) is -0.717. The number of hydrogen-bond donors (Lipinski definition) is 2. The summed E-state index contributed by atoms with van der Waals surface area (Å²) in [6.07, 6.45) is 1.37. The van der Waals surface area contributed by atoms with Crippen LogP contribution in [0.3, 0.4) is 0 Å². The number of hydrogen-bond acceptors (Lipinski definition) is 4. The number of amides is 1. The fourth-order valence-corrected chi connectivity index (χ4v) is 3.35. The van der Waals surface area contributed by atoms with Crippen LogP contribution in [0, 0.1) is 5.92 Å². The first kappa shape index (κ1) is 14.3. The van der Waals surface area contributed by atoms with E-state index in [1.807, 2.05) is 13.8 Å². The topological polar surface area (TPSA) is 83.6 Å². The molecule has 0 radical (unpaired) electrons. The lowest BCUT2D eigenvalue weighted by atomic mass is 10.1. The summed E-state index contributed by atoms with van der Waals surface area (Å²) in [4.78, 5) is 24.9. The fourth-order valence-electron chi connectivity index (χ4n) is 1.99. The Morgan fingerprint density at radius 2 is 2.24 bits per heavy atom. The first-order valence-corrected chi connectivity index (χ1v) is 6.94. The van der Waals surface area contributed by atoms with Crippen molar-refractivity contribution >= 4 is 23.6 Å². The second kappa shape index (κ2) is 6.26. The Bertz CT molecular complexity index is 298. The highest BCUT2D eigenvalue weighted by Crippen LogP contribution is 2.32. The second-order valence-corrected chi connectivity index (χ2v) is 5.48. The Morgan fingerprint density at radius 1 is 1.59 bits per heavy atom. The second-order valence-electron chi connectivity index (χ2n) is 4.27. The first-order valence-electron chi connectivity index (χ1n) is 5.89. The minimum absolute atomic E-state index is 0.0103. The fraction of sp³-hybridized carbons (Fsp3) is 0.818. The van der Waals surface area contributed by atoms with Crippen LogP contribution < -0.4 is 5.73 Å². The Hall–Kier alpha value is -0.750. The van der Waals surface area contributed by atoms with E-state index < -0.39 is 12.0 Å². The van der Waals surface area contributed by atoms with Crippen molar-refractivity contribution < 1.29 is 14.7 Å². The molecular formula is C11H20N2O3S. The molecule has 0 bridgehead atoms. The molecular weight excluding hydrogens is 240 g/mol. The highest BCUT2D eigenvalue weighted by atomic mass is 32.2. The van der Waals surface area contributed by atoms with Crippen LogP contribution in [-0.2, 0) is 9.59 Å². The van der Waals surface area contributed by atoms with E-state index in [0.29, 0.717) is 18.7 Å². The number of carboxylic acid groups (broad SMARTS) is 1. The monoisotopic (exact) mass is 260 g/mol. The summed E-state index contributed by atoms with van der Waals surface area (Å²) in [6.45, 7) is 4.22. The van der Waals surface area contributed by atoms with E-state index in [1.165, 1.54) is 4.90 Å². The number of aliphatic carboxylic acids is 1. The number of carbonyl (C=O) groups is 2. The summed E-state index contributed by atoms with van der Waals surface area (Å²) in [5, 5.41) is 9.12. The van der Waals surface area contributed by atoms with E-state index in [0.717, 1.165) is 6.42 Å². The van der Waals surface area contributed by atoms with Crippen molar-refractivity contribution in [2.24, 2.45) is 11.7 Å². The molecule has 1 aliphatic rings. The normalized spacial score (nSPS) is 25.9. The van der Waals surface area contributed by atoms with Gasteiger partial charge < -0.3 is 15.7 Å². The lowest BCUT2D eigenvalue weighted by molar-refractivity contribution is -0.150. The van der Waals surface area contributed by atoms with Gasteiger partial charge in [0.25, 0.3) is 0 Å². The molecule has 0 aromatic heterocycles. The van der Waals surface area contributed by atoms with E-state index in [9.17, 15) is 9.59 Å². The molecule has 5 nitrogen and oxygen atoms in total. The number of nitrogens with two attached hydrogens (primary N) is 1. The van der Waals surface area contributed by atoms with E-state index >= 15 is 0 Å². The molecule has 3 atom stereocenters. The predicted octanol–water partition coefficient (Wildman–Crippen LogP) is 0.736. The van der Waals surface area contributed by atoms with Gasteiger partial charge in [0.05, 0.1) is 5.37 Å². The van der Waals surface area contributed by atoms with Gasteiger partial charge in [-0.15, -0.1) is 11.8 Å². The van der Waals surface area contributed by atoms with Crippen molar-refractivity contribution in [1.82, 2.24) is 4.90 Å². The smallest absolute Gasteiger partial charge is 0.327 e. The maximum atomic E-state index is 12.2. The van der Waals surface area contributed by atoms with Gasteiger partial charge in [-0.05, 0) is 19.4 Å². The summed E-state index contributed by atoms with van der Waals surface area (Å²) < 4.78 is 0. The van der Waals surface area contributed by atoms with E-state index in [-0.39, 0.29) is 17.2 Å². The molecule has 1 heterocycles. The highest BCUT2D eigenvalue weighted by Gasteiger charge is 2.41. The third-order valence-corrected chi connectivity index (χ3v) is 4.46. The van der Waals surface area contributed by atoms with Gasteiger partial charge in [-0.2, -0.15) is 0 Å². The molecule has 0 saturated carbocycles. The molecule has 3 N–H and O–H groups in total. The van der Waals surface area contributed by atoms with E-state index in [4.69, 9.17) is 10.8 Å². The largest absolute Gasteiger partial charge is 0.480 e. The van der Waals surface area contributed by atoms with Gasteiger partial charge in [-0.3, -0.25) is 4.79 Å². The maximum Gasteiger partial charge on any atom is 0.327 e. The van der Waals surface area contributed by atoms with Gasteiger partial charge in [0.2, 0.25) is 5.91 Å². The molecule has 0 aromatic carbocycles. The average molecular weight is 260 g/mol. The van der Waals surface area contributed by atoms with Gasteiger partial charge >= 0.3 is 5.97 Å². The predicted molar refractivity (Wildman–Crippen MR) is 67.6 cm³/mol. The molecule has 17 heavy (non-hydrogen) atoms. The molecule has 0 aliphatic carbocycles. The van der Waals surface area contributed by atoms with Crippen LogP contribution in [0.4, 0.5) is 0 Å². The van der Waals surface area contributed by atoms with Gasteiger partial charge in [0, 0.05) is 11.7 Å². The third-order valence-electron chi connectivity index (χ3n) is 3.00. The van der Waals surface area contributed by atoms with Crippen molar-refractivity contribution in [1.29, 1.82) is 0 Å². The Balaban J connectivity index is 2.81. The van der Waals surface area contributed by atoms with Crippen LogP contribution >= 0.6 is 11.8 Å². The average Bonchev–Trinajstić information content (AvgIpc) is 2.71. The zero-order valence-corrected chi connectivity index (χ0v) is 11.1.